The van der Waals surface area contributed by atoms with Gasteiger partial charge in [-0.2, -0.15) is 13.2 Å². The van der Waals surface area contributed by atoms with Crippen molar-refractivity contribution in [2.75, 3.05) is 5.33 Å². The van der Waals surface area contributed by atoms with Gasteiger partial charge in [0.1, 0.15) is 0 Å². The Bertz CT molecular complexity index is 114. The van der Waals surface area contributed by atoms with E-state index in [2.05, 4.69) is 15.9 Å². The van der Waals surface area contributed by atoms with Crippen molar-refractivity contribution in [1.82, 2.24) is 0 Å². The lowest BCUT2D eigenvalue weighted by atomic mass is 10.3. The Kier molecular flexibility index (Phi) is 3.25. The first kappa shape index (κ1) is 9.01. The zero-order valence-electron chi connectivity index (χ0n) is 4.80. The second-order valence-corrected chi connectivity index (χ2v) is 2.01. The summed E-state index contributed by atoms with van der Waals surface area (Å²) in [4.78, 5) is 0. The van der Waals surface area contributed by atoms with Crippen molar-refractivity contribution in [2.24, 2.45) is 0 Å². The molecule has 0 nitrogen and oxygen atoms in total. The van der Waals surface area contributed by atoms with Crippen LogP contribution in [0.25, 0.3) is 0 Å². The van der Waals surface area contributed by atoms with Crippen molar-refractivity contribution in [1.29, 1.82) is 0 Å². The third-order valence-corrected chi connectivity index (χ3v) is 1.46. The Morgan fingerprint density at radius 3 is 2.00 bits per heavy atom. The maximum atomic E-state index is 11.6. The van der Waals surface area contributed by atoms with Crippen molar-refractivity contribution in [2.45, 2.75) is 13.1 Å². The van der Waals surface area contributed by atoms with Gasteiger partial charge in [-0.1, -0.05) is 22.0 Å². The average molecular weight is 203 g/mol. The average Bonchev–Trinajstić information content (AvgIpc) is 1.65. The van der Waals surface area contributed by atoms with E-state index in [9.17, 15) is 13.2 Å². The van der Waals surface area contributed by atoms with Crippen LogP contribution in [0.1, 0.15) is 6.92 Å². The number of halogens is 4. The van der Waals surface area contributed by atoms with Gasteiger partial charge in [0, 0.05) is 10.9 Å². The van der Waals surface area contributed by atoms with E-state index in [1.54, 1.807) is 0 Å². The summed E-state index contributed by atoms with van der Waals surface area (Å²) in [5.74, 6) is 0. The lowest BCUT2D eigenvalue weighted by Gasteiger charge is -2.06. The summed E-state index contributed by atoms with van der Waals surface area (Å²) < 4.78 is 34.9. The monoisotopic (exact) mass is 202 g/mol. The van der Waals surface area contributed by atoms with Crippen LogP contribution in [0.4, 0.5) is 13.2 Å². The Morgan fingerprint density at radius 2 is 2.00 bits per heavy atom. The van der Waals surface area contributed by atoms with E-state index >= 15 is 0 Å². The highest BCUT2D eigenvalue weighted by Gasteiger charge is 2.31. The van der Waals surface area contributed by atoms with Gasteiger partial charge in [0.2, 0.25) is 0 Å². The van der Waals surface area contributed by atoms with Crippen LogP contribution in [-0.4, -0.2) is 11.5 Å². The minimum absolute atomic E-state index is 0.132. The fourth-order valence-corrected chi connectivity index (χ4v) is 0.958. The summed E-state index contributed by atoms with van der Waals surface area (Å²) in [5, 5.41) is -0.132. The van der Waals surface area contributed by atoms with E-state index in [1.165, 1.54) is 6.92 Å². The van der Waals surface area contributed by atoms with Crippen LogP contribution in [-0.2, 0) is 0 Å². The molecule has 0 unspecified atom stereocenters. The molecule has 0 saturated carbocycles. The molecule has 0 N–H and O–H groups in total. The quantitative estimate of drug-likeness (QED) is 0.454. The largest absolute Gasteiger partial charge is 0.413 e. The molecule has 54 valence electrons. The molecule has 0 aliphatic rings. The second kappa shape index (κ2) is 3.25. The molecular weight excluding hydrogens is 197 g/mol. The zero-order valence-corrected chi connectivity index (χ0v) is 6.38. The van der Waals surface area contributed by atoms with E-state index in [-0.39, 0.29) is 5.33 Å². The molecule has 0 spiro atoms. The van der Waals surface area contributed by atoms with Crippen LogP contribution >= 0.6 is 15.9 Å². The Morgan fingerprint density at radius 1 is 1.56 bits per heavy atom. The van der Waals surface area contributed by atoms with Gasteiger partial charge in [0.25, 0.3) is 0 Å². The maximum Gasteiger partial charge on any atom is 0.413 e. The highest BCUT2D eigenvalue weighted by atomic mass is 79.9. The molecule has 0 aromatic carbocycles. The molecule has 0 rings (SSSR count). The first-order chi connectivity index (χ1) is 4.02. The molecule has 0 atom stereocenters. The van der Waals surface area contributed by atoms with Crippen molar-refractivity contribution in [3.63, 3.8) is 0 Å². The molecular formula is C5H6BrF3. The van der Waals surface area contributed by atoms with Crippen molar-refractivity contribution in [3.8, 4) is 0 Å². The summed E-state index contributed by atoms with van der Waals surface area (Å²) in [5.41, 5.74) is -0.539. The molecule has 0 radical (unpaired) electrons. The SMILES string of the molecule is C/C=C(\CBr)C(F)(F)F. The van der Waals surface area contributed by atoms with Gasteiger partial charge >= 0.3 is 6.18 Å². The summed E-state index contributed by atoms with van der Waals surface area (Å²) >= 11 is 2.72. The maximum absolute atomic E-state index is 11.6. The first-order valence-corrected chi connectivity index (χ1v) is 3.43. The Balaban J connectivity index is 4.14. The molecule has 0 aliphatic heterocycles. The molecule has 4 heteroatoms. The molecule has 0 aromatic rings. The lowest BCUT2D eigenvalue weighted by molar-refractivity contribution is -0.0907. The van der Waals surface area contributed by atoms with Crippen molar-refractivity contribution < 1.29 is 13.2 Å². The molecule has 0 aromatic heterocycles. The predicted molar refractivity (Wildman–Crippen MR) is 33.6 cm³/mol. The van der Waals surface area contributed by atoms with Gasteiger partial charge in [-0.05, 0) is 6.92 Å². The molecule has 0 heterocycles. The van der Waals surface area contributed by atoms with Gasteiger partial charge in [0.15, 0.2) is 0 Å². The third-order valence-electron chi connectivity index (χ3n) is 0.857. The van der Waals surface area contributed by atoms with Crippen LogP contribution in [0.5, 0.6) is 0 Å². The summed E-state index contributed by atoms with van der Waals surface area (Å²) in [6, 6.07) is 0. The Labute approximate surface area is 59.9 Å². The third kappa shape index (κ3) is 2.89. The van der Waals surface area contributed by atoms with Crippen LogP contribution in [0.2, 0.25) is 0 Å². The van der Waals surface area contributed by atoms with Gasteiger partial charge in [-0.15, -0.1) is 0 Å². The highest BCUT2D eigenvalue weighted by Crippen LogP contribution is 2.26. The van der Waals surface area contributed by atoms with Crippen LogP contribution < -0.4 is 0 Å². The van der Waals surface area contributed by atoms with Crippen LogP contribution in [0, 0.1) is 0 Å². The van der Waals surface area contributed by atoms with Crippen molar-refractivity contribution >= 4 is 15.9 Å². The fourth-order valence-electron chi connectivity index (χ4n) is 0.317. The molecule has 0 fully saturated rings. The van der Waals surface area contributed by atoms with Gasteiger partial charge in [-0.25, -0.2) is 0 Å². The summed E-state index contributed by atoms with van der Waals surface area (Å²) in [7, 11) is 0. The number of allylic oxidation sites excluding steroid dienone is 2. The van der Waals surface area contributed by atoms with E-state index < -0.39 is 11.7 Å². The lowest BCUT2D eigenvalue weighted by Crippen LogP contribution is -2.12. The zero-order chi connectivity index (χ0) is 7.49. The van der Waals surface area contributed by atoms with E-state index in [4.69, 9.17) is 0 Å². The fraction of sp³-hybridized carbons (Fsp3) is 0.600. The molecule has 0 amide bonds. The van der Waals surface area contributed by atoms with E-state index in [1.807, 2.05) is 0 Å². The van der Waals surface area contributed by atoms with Crippen LogP contribution in [0.3, 0.4) is 0 Å². The van der Waals surface area contributed by atoms with Gasteiger partial charge < -0.3 is 0 Å². The topological polar surface area (TPSA) is 0 Å². The number of hydrogen-bond donors (Lipinski definition) is 0. The molecule has 0 bridgehead atoms. The molecule has 9 heavy (non-hydrogen) atoms. The standard InChI is InChI=1S/C5H6BrF3/c1-2-4(3-6)5(7,8)9/h2H,3H2,1H3/b4-2+. The molecule has 0 saturated heterocycles. The number of alkyl halides is 4. The van der Waals surface area contributed by atoms with Gasteiger partial charge in [0.05, 0.1) is 0 Å². The Hall–Kier alpha value is 0.01000. The van der Waals surface area contributed by atoms with Crippen LogP contribution in [0.15, 0.2) is 11.6 Å². The summed E-state index contributed by atoms with van der Waals surface area (Å²) in [6.07, 6.45) is -3.12. The minimum atomic E-state index is -4.17. The minimum Gasteiger partial charge on any atom is -0.166 e. The van der Waals surface area contributed by atoms with Crippen molar-refractivity contribution in [3.05, 3.63) is 11.6 Å². The first-order valence-electron chi connectivity index (χ1n) is 2.30. The number of rotatable bonds is 1. The highest BCUT2D eigenvalue weighted by molar-refractivity contribution is 9.09. The normalized spacial score (nSPS) is 14.1. The second-order valence-electron chi connectivity index (χ2n) is 1.45. The smallest absolute Gasteiger partial charge is 0.166 e. The van der Waals surface area contributed by atoms with E-state index in [0.29, 0.717) is 0 Å². The summed E-state index contributed by atoms with van der Waals surface area (Å²) in [6.45, 7) is 1.37. The van der Waals surface area contributed by atoms with Gasteiger partial charge in [-0.3, -0.25) is 0 Å². The number of hydrogen-bond acceptors (Lipinski definition) is 0. The van der Waals surface area contributed by atoms with E-state index in [0.717, 1.165) is 6.08 Å². The molecule has 0 aliphatic carbocycles. The predicted octanol–water partition coefficient (Wildman–Crippen LogP) is 2.89.